The minimum atomic E-state index is -0.915. The van der Waals surface area contributed by atoms with Crippen LogP contribution in [0.3, 0.4) is 0 Å². The number of aryl methyl sites for hydroxylation is 1. The van der Waals surface area contributed by atoms with Crippen molar-refractivity contribution in [2.24, 2.45) is 0 Å². The number of allylic oxidation sites excluding steroid dienone is 1. The number of nitrogens with zero attached hydrogens (tertiary/aromatic N) is 1. The second-order valence-electron chi connectivity index (χ2n) is 5.70. The molecule has 120 valence electrons. The first-order valence-corrected chi connectivity index (χ1v) is 7.64. The minimum absolute atomic E-state index is 0.109. The molecule has 4 nitrogen and oxygen atoms in total. The van der Waals surface area contributed by atoms with Crippen molar-refractivity contribution in [3.63, 3.8) is 0 Å². The van der Waals surface area contributed by atoms with Crippen molar-refractivity contribution in [3.05, 3.63) is 77.5 Å². The first kappa shape index (κ1) is 15.7. The molecule has 0 amide bonds. The minimum Gasteiger partial charge on any atom is -0.481 e. The largest absolute Gasteiger partial charge is 0.481 e. The Labute approximate surface area is 139 Å². The molecule has 0 saturated heterocycles. The van der Waals surface area contributed by atoms with E-state index < -0.39 is 5.97 Å². The smallest absolute Gasteiger partial charge is 0.307 e. The Balaban J connectivity index is 2.01. The van der Waals surface area contributed by atoms with Crippen LogP contribution < -0.4 is 0 Å². The summed E-state index contributed by atoms with van der Waals surface area (Å²) < 4.78 is 1.51. The van der Waals surface area contributed by atoms with Gasteiger partial charge in [-0.2, -0.15) is 0 Å². The van der Waals surface area contributed by atoms with E-state index in [2.05, 4.69) is 0 Å². The van der Waals surface area contributed by atoms with Crippen LogP contribution in [0.1, 0.15) is 21.5 Å². The molecule has 0 aliphatic heterocycles. The van der Waals surface area contributed by atoms with Crippen LogP contribution in [0.2, 0.25) is 0 Å². The molecular weight excluding hydrogens is 302 g/mol. The Hall–Kier alpha value is -3.14. The normalized spacial score (nSPS) is 11.2. The number of carboxylic acids is 1. The van der Waals surface area contributed by atoms with Gasteiger partial charge >= 0.3 is 5.97 Å². The van der Waals surface area contributed by atoms with E-state index in [9.17, 15) is 9.59 Å². The molecule has 2 aromatic carbocycles. The highest BCUT2D eigenvalue weighted by molar-refractivity contribution is 6.02. The highest BCUT2D eigenvalue weighted by Gasteiger charge is 2.14. The number of hydrogen-bond donors (Lipinski definition) is 1. The number of rotatable bonds is 4. The summed E-state index contributed by atoms with van der Waals surface area (Å²) >= 11 is 0. The van der Waals surface area contributed by atoms with Crippen LogP contribution in [0, 0.1) is 6.92 Å². The lowest BCUT2D eigenvalue weighted by Crippen LogP contribution is -2.05. The van der Waals surface area contributed by atoms with Crippen molar-refractivity contribution in [2.75, 3.05) is 0 Å². The van der Waals surface area contributed by atoms with Gasteiger partial charge < -0.3 is 5.11 Å². The lowest BCUT2D eigenvalue weighted by molar-refractivity contribution is -0.136. The summed E-state index contributed by atoms with van der Waals surface area (Å²) in [6.07, 6.45) is 4.76. The van der Waals surface area contributed by atoms with Gasteiger partial charge in [-0.15, -0.1) is 0 Å². The predicted octanol–water partition coefficient (Wildman–Crippen LogP) is 3.93. The monoisotopic (exact) mass is 319 g/mol. The lowest BCUT2D eigenvalue weighted by Gasteiger charge is -2.01. The zero-order valence-corrected chi connectivity index (χ0v) is 13.3. The number of carbonyl (C=O) groups excluding carboxylic acids is 1. The maximum absolute atomic E-state index is 12.6. The van der Waals surface area contributed by atoms with Gasteiger partial charge in [0.2, 0.25) is 0 Å². The summed E-state index contributed by atoms with van der Waals surface area (Å²) in [6, 6.07) is 15.2. The van der Waals surface area contributed by atoms with E-state index in [0.717, 1.165) is 22.0 Å². The van der Waals surface area contributed by atoms with Gasteiger partial charge in [0, 0.05) is 17.7 Å². The molecule has 0 fully saturated rings. The number of aliphatic carboxylic acids is 1. The number of carbonyl (C=O) groups is 2. The molecule has 3 aromatic rings. The summed E-state index contributed by atoms with van der Waals surface area (Å²) in [5.74, 6) is -1.12. The molecule has 0 bridgehead atoms. The third-order valence-electron chi connectivity index (χ3n) is 3.84. The van der Waals surface area contributed by atoms with Crippen LogP contribution >= 0.6 is 0 Å². The van der Waals surface area contributed by atoms with Gasteiger partial charge in [0.05, 0.1) is 11.9 Å². The van der Waals surface area contributed by atoms with Crippen molar-refractivity contribution in [2.45, 2.75) is 13.3 Å². The third kappa shape index (κ3) is 3.27. The lowest BCUT2D eigenvalue weighted by atomic mass is 10.1. The number of hydrogen-bond acceptors (Lipinski definition) is 2. The molecular formula is C20H17NO3. The summed E-state index contributed by atoms with van der Waals surface area (Å²) in [5.41, 5.74) is 3.32. The molecule has 1 heterocycles. The van der Waals surface area contributed by atoms with Crippen LogP contribution in [0.15, 0.2) is 60.8 Å². The van der Waals surface area contributed by atoms with Crippen LogP contribution in [-0.2, 0) is 11.2 Å². The van der Waals surface area contributed by atoms with Gasteiger partial charge in [0.25, 0.3) is 5.91 Å². The van der Waals surface area contributed by atoms with E-state index in [1.54, 1.807) is 12.3 Å². The molecule has 0 spiro atoms. The first-order valence-electron chi connectivity index (χ1n) is 7.64. The van der Waals surface area contributed by atoms with Gasteiger partial charge in [0.1, 0.15) is 0 Å². The number of fused-ring (bicyclic) bond motifs is 1. The second kappa shape index (κ2) is 6.54. The highest BCUT2D eigenvalue weighted by Crippen LogP contribution is 2.23. The fourth-order valence-electron chi connectivity index (χ4n) is 2.71. The van der Waals surface area contributed by atoms with Crippen molar-refractivity contribution in [3.8, 4) is 0 Å². The van der Waals surface area contributed by atoms with E-state index >= 15 is 0 Å². The summed E-state index contributed by atoms with van der Waals surface area (Å²) in [4.78, 5) is 23.6. The molecule has 0 aliphatic carbocycles. The zero-order chi connectivity index (χ0) is 17.1. The SMILES string of the molecule is Cc1ccc2c(CC(=O)O)cn(C(=O)C=Cc3ccccc3)c2c1. The molecule has 1 aromatic heterocycles. The van der Waals surface area contributed by atoms with Crippen LogP contribution in [0.25, 0.3) is 17.0 Å². The predicted molar refractivity (Wildman–Crippen MR) is 94.1 cm³/mol. The average molecular weight is 319 g/mol. The van der Waals surface area contributed by atoms with Gasteiger partial charge in [-0.1, -0.05) is 42.5 Å². The Morgan fingerprint density at radius 3 is 2.58 bits per heavy atom. The summed E-state index contributed by atoms with van der Waals surface area (Å²) in [7, 11) is 0. The Bertz CT molecular complexity index is 936. The van der Waals surface area contributed by atoms with Crippen LogP contribution in [0.4, 0.5) is 0 Å². The fourth-order valence-corrected chi connectivity index (χ4v) is 2.71. The number of carboxylic acid groups (broad SMARTS) is 1. The van der Waals surface area contributed by atoms with Crippen LogP contribution in [-0.4, -0.2) is 21.6 Å². The Morgan fingerprint density at radius 2 is 1.88 bits per heavy atom. The number of benzene rings is 2. The molecule has 0 atom stereocenters. The van der Waals surface area contributed by atoms with Gasteiger partial charge in [-0.05, 0) is 35.8 Å². The van der Waals surface area contributed by atoms with E-state index in [1.807, 2.05) is 55.5 Å². The zero-order valence-electron chi connectivity index (χ0n) is 13.3. The fraction of sp³-hybridized carbons (Fsp3) is 0.100. The van der Waals surface area contributed by atoms with Crippen molar-refractivity contribution < 1.29 is 14.7 Å². The Kier molecular flexibility index (Phi) is 4.29. The van der Waals surface area contributed by atoms with E-state index in [0.29, 0.717) is 5.56 Å². The van der Waals surface area contributed by atoms with E-state index in [1.165, 1.54) is 10.6 Å². The average Bonchev–Trinajstić information content (AvgIpc) is 2.90. The molecule has 24 heavy (non-hydrogen) atoms. The van der Waals surface area contributed by atoms with Gasteiger partial charge in [-0.25, -0.2) is 0 Å². The quantitative estimate of drug-likeness (QED) is 0.741. The van der Waals surface area contributed by atoms with Crippen molar-refractivity contribution in [1.82, 2.24) is 4.57 Å². The van der Waals surface area contributed by atoms with E-state index in [4.69, 9.17) is 5.11 Å². The van der Waals surface area contributed by atoms with Crippen LogP contribution in [0.5, 0.6) is 0 Å². The molecule has 0 unspecified atom stereocenters. The summed E-state index contributed by atoms with van der Waals surface area (Å²) in [6.45, 7) is 1.94. The van der Waals surface area contributed by atoms with Crippen molar-refractivity contribution >= 4 is 28.9 Å². The Morgan fingerprint density at radius 1 is 1.12 bits per heavy atom. The third-order valence-corrected chi connectivity index (χ3v) is 3.84. The number of aromatic nitrogens is 1. The maximum Gasteiger partial charge on any atom is 0.307 e. The molecule has 3 rings (SSSR count). The highest BCUT2D eigenvalue weighted by atomic mass is 16.4. The standard InChI is InChI=1S/C20H17NO3/c1-14-7-9-17-16(12-20(23)24)13-21(18(17)11-14)19(22)10-8-15-5-3-2-4-6-15/h2-11,13H,12H2,1H3,(H,23,24). The summed E-state index contributed by atoms with van der Waals surface area (Å²) in [5, 5.41) is 9.87. The molecule has 0 radical (unpaired) electrons. The maximum atomic E-state index is 12.6. The van der Waals surface area contributed by atoms with Gasteiger partial charge in [0.15, 0.2) is 0 Å². The topological polar surface area (TPSA) is 59.3 Å². The molecule has 0 saturated carbocycles. The van der Waals surface area contributed by atoms with Crippen molar-refractivity contribution in [1.29, 1.82) is 0 Å². The molecule has 4 heteroatoms. The molecule has 1 N–H and O–H groups in total. The van der Waals surface area contributed by atoms with Gasteiger partial charge in [-0.3, -0.25) is 14.2 Å². The van der Waals surface area contributed by atoms with E-state index in [-0.39, 0.29) is 12.3 Å². The molecule has 0 aliphatic rings. The first-order chi connectivity index (χ1) is 11.5. The second-order valence-corrected chi connectivity index (χ2v) is 5.70.